The van der Waals surface area contributed by atoms with Crippen molar-refractivity contribution in [2.45, 2.75) is 19.3 Å². The van der Waals surface area contributed by atoms with Crippen LogP contribution in [0.1, 0.15) is 25.2 Å². The van der Waals surface area contributed by atoms with E-state index in [0.29, 0.717) is 24.8 Å². The fourth-order valence-corrected chi connectivity index (χ4v) is 3.63. The van der Waals surface area contributed by atoms with Gasteiger partial charge in [-0.1, -0.05) is 35.5 Å². The van der Waals surface area contributed by atoms with E-state index in [4.69, 9.17) is 4.52 Å². The average molecular weight is 307 g/mol. The second-order valence-electron chi connectivity index (χ2n) is 5.07. The number of benzene rings is 1. The summed E-state index contributed by atoms with van der Waals surface area (Å²) in [5.41, 5.74) is 0.892. The fraction of sp³-hybridized carbons (Fsp3) is 0.429. The maximum absolute atomic E-state index is 11.9. The Hall–Kier alpha value is -1.73. The monoisotopic (exact) mass is 307 g/mol. The molecule has 7 heteroatoms. The summed E-state index contributed by atoms with van der Waals surface area (Å²) in [6.07, 6.45) is 0.718. The lowest BCUT2D eigenvalue weighted by molar-refractivity contribution is 0.354. The normalized spacial score (nSPS) is 20.0. The Morgan fingerprint density at radius 3 is 2.81 bits per heavy atom. The van der Waals surface area contributed by atoms with Crippen molar-refractivity contribution in [1.82, 2.24) is 14.4 Å². The minimum atomic E-state index is -3.14. The molecule has 21 heavy (non-hydrogen) atoms. The standard InChI is InChI=1S/C14H17N3O3S/c1-2-21(18,19)17-9-8-12(10-17)14-15-13(16-20-14)11-6-4-3-5-7-11/h3-7,12H,2,8-10H2,1H3/t12-/m0/s1. The summed E-state index contributed by atoms with van der Waals surface area (Å²) in [6, 6.07) is 9.58. The number of hydrogen-bond acceptors (Lipinski definition) is 5. The first kappa shape index (κ1) is 14.2. The Morgan fingerprint density at radius 1 is 1.33 bits per heavy atom. The average Bonchev–Trinajstić information content (AvgIpc) is 3.17. The quantitative estimate of drug-likeness (QED) is 0.862. The van der Waals surface area contributed by atoms with Crippen LogP contribution in [0.3, 0.4) is 0 Å². The van der Waals surface area contributed by atoms with E-state index in [-0.39, 0.29) is 11.7 Å². The molecule has 2 aromatic rings. The van der Waals surface area contributed by atoms with Crippen LogP contribution in [0.4, 0.5) is 0 Å². The molecule has 6 nitrogen and oxygen atoms in total. The van der Waals surface area contributed by atoms with Gasteiger partial charge in [-0.15, -0.1) is 0 Å². The van der Waals surface area contributed by atoms with Gasteiger partial charge in [0, 0.05) is 18.7 Å². The van der Waals surface area contributed by atoms with Gasteiger partial charge in [0.1, 0.15) is 0 Å². The molecule has 1 aromatic carbocycles. The van der Waals surface area contributed by atoms with Crippen LogP contribution in [-0.2, 0) is 10.0 Å². The van der Waals surface area contributed by atoms with Gasteiger partial charge < -0.3 is 4.52 Å². The van der Waals surface area contributed by atoms with Crippen LogP contribution in [0.25, 0.3) is 11.4 Å². The highest BCUT2D eigenvalue weighted by Crippen LogP contribution is 2.29. The minimum absolute atomic E-state index is 0.0173. The summed E-state index contributed by atoms with van der Waals surface area (Å²) in [5, 5.41) is 3.98. The molecule has 0 radical (unpaired) electrons. The smallest absolute Gasteiger partial charge is 0.231 e. The van der Waals surface area contributed by atoms with E-state index in [1.54, 1.807) is 6.92 Å². The molecule has 1 aliphatic rings. The lowest BCUT2D eigenvalue weighted by Crippen LogP contribution is -2.29. The van der Waals surface area contributed by atoms with E-state index in [2.05, 4.69) is 10.1 Å². The van der Waals surface area contributed by atoms with Crippen LogP contribution in [0.5, 0.6) is 0 Å². The van der Waals surface area contributed by atoms with Gasteiger partial charge in [-0.2, -0.15) is 4.98 Å². The van der Waals surface area contributed by atoms with Gasteiger partial charge in [0.2, 0.25) is 21.7 Å². The lowest BCUT2D eigenvalue weighted by atomic mass is 10.1. The van der Waals surface area contributed by atoms with Gasteiger partial charge in [-0.3, -0.25) is 0 Å². The van der Waals surface area contributed by atoms with E-state index in [1.165, 1.54) is 4.31 Å². The van der Waals surface area contributed by atoms with Crippen LogP contribution in [0.2, 0.25) is 0 Å². The molecule has 0 aliphatic carbocycles. The molecule has 0 amide bonds. The number of nitrogens with zero attached hydrogens (tertiary/aromatic N) is 3. The third-order valence-electron chi connectivity index (χ3n) is 3.73. The molecule has 1 saturated heterocycles. The zero-order valence-electron chi connectivity index (χ0n) is 11.8. The zero-order valence-corrected chi connectivity index (χ0v) is 12.6. The SMILES string of the molecule is CCS(=O)(=O)N1CC[C@H](c2nc(-c3ccccc3)no2)C1. The molecule has 3 rings (SSSR count). The molecule has 1 aliphatic heterocycles. The molecular formula is C14H17N3O3S. The third-order valence-corrected chi connectivity index (χ3v) is 5.58. The molecule has 0 unspecified atom stereocenters. The van der Waals surface area contributed by atoms with E-state index < -0.39 is 10.0 Å². The Kier molecular flexibility index (Phi) is 3.77. The van der Waals surface area contributed by atoms with Crippen molar-refractivity contribution >= 4 is 10.0 Å². The van der Waals surface area contributed by atoms with Crippen LogP contribution >= 0.6 is 0 Å². The third kappa shape index (κ3) is 2.84. The summed E-state index contributed by atoms with van der Waals surface area (Å²) in [6.45, 7) is 2.60. The van der Waals surface area contributed by atoms with Crippen molar-refractivity contribution in [3.05, 3.63) is 36.2 Å². The molecule has 1 atom stereocenters. The Morgan fingerprint density at radius 2 is 2.10 bits per heavy atom. The molecule has 112 valence electrons. The van der Waals surface area contributed by atoms with Crippen molar-refractivity contribution in [2.24, 2.45) is 0 Å². The second-order valence-corrected chi connectivity index (χ2v) is 7.32. The molecule has 1 aromatic heterocycles. The van der Waals surface area contributed by atoms with Gasteiger partial charge in [0.25, 0.3) is 0 Å². The van der Waals surface area contributed by atoms with Gasteiger partial charge in [-0.05, 0) is 13.3 Å². The highest BCUT2D eigenvalue weighted by atomic mass is 32.2. The first-order chi connectivity index (χ1) is 10.1. The maximum Gasteiger partial charge on any atom is 0.231 e. The first-order valence-electron chi connectivity index (χ1n) is 6.97. The maximum atomic E-state index is 11.9. The van der Waals surface area contributed by atoms with Crippen molar-refractivity contribution < 1.29 is 12.9 Å². The number of aromatic nitrogens is 2. The van der Waals surface area contributed by atoms with Crippen molar-refractivity contribution in [3.63, 3.8) is 0 Å². The van der Waals surface area contributed by atoms with Crippen molar-refractivity contribution in [1.29, 1.82) is 0 Å². The molecular weight excluding hydrogens is 290 g/mol. The summed E-state index contributed by atoms with van der Waals surface area (Å²) >= 11 is 0. The van der Waals surface area contributed by atoms with E-state index in [0.717, 1.165) is 12.0 Å². The fourth-order valence-electron chi connectivity index (χ4n) is 2.47. The topological polar surface area (TPSA) is 76.3 Å². The summed E-state index contributed by atoms with van der Waals surface area (Å²) in [4.78, 5) is 4.41. The van der Waals surface area contributed by atoms with Crippen LogP contribution in [0.15, 0.2) is 34.9 Å². The Balaban J connectivity index is 1.77. The minimum Gasteiger partial charge on any atom is -0.339 e. The summed E-state index contributed by atoms with van der Waals surface area (Å²) in [7, 11) is -3.14. The number of sulfonamides is 1. The van der Waals surface area contributed by atoms with Crippen molar-refractivity contribution in [3.8, 4) is 11.4 Å². The van der Waals surface area contributed by atoms with Crippen LogP contribution in [0, 0.1) is 0 Å². The molecule has 1 fully saturated rings. The molecule has 0 spiro atoms. The largest absolute Gasteiger partial charge is 0.339 e. The predicted molar refractivity (Wildman–Crippen MR) is 78.1 cm³/mol. The zero-order chi connectivity index (χ0) is 14.9. The Labute approximate surface area is 123 Å². The van der Waals surface area contributed by atoms with Gasteiger partial charge in [0.15, 0.2) is 0 Å². The molecule has 2 heterocycles. The van der Waals surface area contributed by atoms with Gasteiger partial charge in [0.05, 0.1) is 11.7 Å². The summed E-state index contributed by atoms with van der Waals surface area (Å²) in [5.74, 6) is 1.17. The first-order valence-corrected chi connectivity index (χ1v) is 8.58. The van der Waals surface area contributed by atoms with E-state index >= 15 is 0 Å². The second kappa shape index (κ2) is 5.57. The molecule has 0 saturated carbocycles. The number of rotatable bonds is 4. The lowest BCUT2D eigenvalue weighted by Gasteiger charge is -2.13. The molecule has 0 bridgehead atoms. The number of hydrogen-bond donors (Lipinski definition) is 0. The highest BCUT2D eigenvalue weighted by Gasteiger charge is 2.34. The van der Waals surface area contributed by atoms with E-state index in [1.807, 2.05) is 30.3 Å². The van der Waals surface area contributed by atoms with Crippen LogP contribution in [-0.4, -0.2) is 41.7 Å². The highest BCUT2D eigenvalue weighted by molar-refractivity contribution is 7.89. The van der Waals surface area contributed by atoms with Gasteiger partial charge in [-0.25, -0.2) is 12.7 Å². The van der Waals surface area contributed by atoms with Gasteiger partial charge >= 0.3 is 0 Å². The van der Waals surface area contributed by atoms with Crippen molar-refractivity contribution in [2.75, 3.05) is 18.8 Å². The Bertz CT molecular complexity index is 712. The predicted octanol–water partition coefficient (Wildman–Crippen LogP) is 1.88. The molecule has 0 N–H and O–H groups in total. The summed E-state index contributed by atoms with van der Waals surface area (Å²) < 4.78 is 30.5. The van der Waals surface area contributed by atoms with E-state index in [9.17, 15) is 8.42 Å². The van der Waals surface area contributed by atoms with Crippen LogP contribution < -0.4 is 0 Å².